The zero-order chi connectivity index (χ0) is 20.3. The van der Waals surface area contributed by atoms with Gasteiger partial charge in [0.15, 0.2) is 0 Å². The number of nitrogens with zero attached hydrogens (tertiary/aromatic N) is 3. The highest BCUT2D eigenvalue weighted by Gasteiger charge is 2.27. The van der Waals surface area contributed by atoms with Crippen LogP contribution in [0.5, 0.6) is 0 Å². The van der Waals surface area contributed by atoms with E-state index in [1.54, 1.807) is 0 Å². The lowest BCUT2D eigenvalue weighted by Crippen LogP contribution is -2.28. The number of aromatic nitrogens is 2. The molecule has 1 aromatic heterocycles. The van der Waals surface area contributed by atoms with Crippen LogP contribution in [-0.4, -0.2) is 41.9 Å². The minimum atomic E-state index is -3.49. The third-order valence-electron chi connectivity index (χ3n) is 4.72. The maximum absolute atomic E-state index is 12.5. The van der Waals surface area contributed by atoms with Crippen molar-refractivity contribution >= 4 is 15.9 Å². The number of hydrogen-bond acceptors (Lipinski definition) is 6. The van der Waals surface area contributed by atoms with Gasteiger partial charge in [-0.05, 0) is 37.1 Å². The Balaban J connectivity index is 1.38. The molecule has 1 aliphatic rings. The molecule has 0 saturated carbocycles. The summed E-state index contributed by atoms with van der Waals surface area (Å²) in [5.74, 6) is 0.381. The molecule has 0 bridgehead atoms. The highest BCUT2D eigenvalue weighted by molar-refractivity contribution is 7.89. The number of hydrogen-bond donors (Lipinski definition) is 1. The Hall–Kier alpha value is -3.04. The molecule has 1 saturated heterocycles. The van der Waals surface area contributed by atoms with E-state index in [1.807, 2.05) is 30.3 Å². The Labute approximate surface area is 168 Å². The first-order valence-corrected chi connectivity index (χ1v) is 10.7. The van der Waals surface area contributed by atoms with E-state index in [0.29, 0.717) is 24.5 Å². The van der Waals surface area contributed by atoms with E-state index in [-0.39, 0.29) is 23.2 Å². The zero-order valence-electron chi connectivity index (χ0n) is 15.6. The van der Waals surface area contributed by atoms with E-state index in [1.165, 1.54) is 28.6 Å². The van der Waals surface area contributed by atoms with Gasteiger partial charge in [0.25, 0.3) is 5.91 Å². The van der Waals surface area contributed by atoms with Crippen LogP contribution in [0.4, 0.5) is 0 Å². The highest BCUT2D eigenvalue weighted by Crippen LogP contribution is 2.21. The molecule has 1 aliphatic heterocycles. The average molecular weight is 412 g/mol. The van der Waals surface area contributed by atoms with Gasteiger partial charge in [-0.25, -0.2) is 8.42 Å². The van der Waals surface area contributed by atoms with Crippen LogP contribution in [0, 0.1) is 0 Å². The average Bonchev–Trinajstić information content (AvgIpc) is 3.45. The van der Waals surface area contributed by atoms with Gasteiger partial charge < -0.3 is 9.84 Å². The molecule has 4 rings (SSSR count). The summed E-state index contributed by atoms with van der Waals surface area (Å²) in [5.41, 5.74) is 1.18. The molecule has 150 valence electrons. The van der Waals surface area contributed by atoms with Gasteiger partial charge in [-0.2, -0.15) is 9.29 Å². The molecule has 0 aliphatic carbocycles. The first-order valence-electron chi connectivity index (χ1n) is 9.30. The maximum atomic E-state index is 12.5. The number of rotatable bonds is 6. The van der Waals surface area contributed by atoms with Gasteiger partial charge >= 0.3 is 0 Å². The maximum Gasteiger partial charge on any atom is 0.251 e. The lowest BCUT2D eigenvalue weighted by atomic mass is 10.2. The molecule has 2 heterocycles. The molecular formula is C20H20N4O4S. The molecule has 0 unspecified atom stereocenters. The lowest BCUT2D eigenvalue weighted by Gasteiger charge is -2.15. The molecular weight excluding hydrogens is 392 g/mol. The summed E-state index contributed by atoms with van der Waals surface area (Å²) >= 11 is 0. The summed E-state index contributed by atoms with van der Waals surface area (Å²) in [6, 6.07) is 15.3. The van der Waals surface area contributed by atoms with Crippen LogP contribution < -0.4 is 5.32 Å². The molecule has 29 heavy (non-hydrogen) atoms. The predicted octanol–water partition coefficient (Wildman–Crippen LogP) is 2.45. The molecule has 0 spiro atoms. The highest BCUT2D eigenvalue weighted by atomic mass is 32.2. The third kappa shape index (κ3) is 4.20. The van der Waals surface area contributed by atoms with E-state index < -0.39 is 10.0 Å². The van der Waals surface area contributed by atoms with Gasteiger partial charge in [0.2, 0.25) is 21.7 Å². The van der Waals surface area contributed by atoms with Gasteiger partial charge in [0, 0.05) is 24.2 Å². The fourth-order valence-electron chi connectivity index (χ4n) is 3.14. The minimum absolute atomic E-state index is 0.0759. The molecule has 1 amide bonds. The van der Waals surface area contributed by atoms with Gasteiger partial charge in [0.05, 0.1) is 11.4 Å². The summed E-state index contributed by atoms with van der Waals surface area (Å²) in [5, 5.41) is 6.60. The van der Waals surface area contributed by atoms with Gasteiger partial charge in [0.1, 0.15) is 0 Å². The standard InChI is InChI=1S/C20H20N4O4S/c25-20(21-14-18-22-19(23-28-18)15-6-2-1-3-7-15)16-8-10-17(11-9-16)29(26,27)24-12-4-5-13-24/h1-3,6-11H,4-5,12-14H2,(H,21,25). The van der Waals surface area contributed by atoms with Crippen LogP contribution in [0.15, 0.2) is 64.0 Å². The molecule has 1 N–H and O–H groups in total. The summed E-state index contributed by atoms with van der Waals surface area (Å²) in [4.78, 5) is 16.8. The Morgan fingerprint density at radius 1 is 1.03 bits per heavy atom. The molecule has 0 radical (unpaired) electrons. The van der Waals surface area contributed by atoms with Gasteiger partial charge in [-0.15, -0.1) is 0 Å². The molecule has 9 heteroatoms. The number of carbonyl (C=O) groups excluding carboxylic acids is 1. The number of amides is 1. The van der Waals surface area contributed by atoms with E-state index >= 15 is 0 Å². The first kappa shape index (κ1) is 19.3. The lowest BCUT2D eigenvalue weighted by molar-refractivity contribution is 0.0946. The second-order valence-electron chi connectivity index (χ2n) is 6.70. The Morgan fingerprint density at radius 2 is 1.72 bits per heavy atom. The number of nitrogens with one attached hydrogen (secondary N) is 1. The van der Waals surface area contributed by atoms with Crippen LogP contribution in [0.2, 0.25) is 0 Å². The van der Waals surface area contributed by atoms with Crippen LogP contribution in [0.25, 0.3) is 11.4 Å². The van der Waals surface area contributed by atoms with Crippen molar-refractivity contribution in [2.75, 3.05) is 13.1 Å². The summed E-state index contributed by atoms with van der Waals surface area (Å²) in [6.07, 6.45) is 1.75. The number of sulfonamides is 1. The number of carbonyl (C=O) groups is 1. The normalized spacial score (nSPS) is 14.8. The summed E-state index contributed by atoms with van der Waals surface area (Å²) < 4.78 is 31.7. The Bertz CT molecular complexity index is 1090. The van der Waals surface area contributed by atoms with E-state index in [2.05, 4.69) is 15.5 Å². The van der Waals surface area contributed by atoms with Gasteiger partial charge in [-0.3, -0.25) is 4.79 Å². The molecule has 2 aromatic carbocycles. The molecule has 8 nitrogen and oxygen atoms in total. The molecule has 0 atom stereocenters. The smallest absolute Gasteiger partial charge is 0.251 e. The predicted molar refractivity (Wildman–Crippen MR) is 105 cm³/mol. The van der Waals surface area contributed by atoms with Crippen molar-refractivity contribution in [3.8, 4) is 11.4 Å². The molecule has 1 fully saturated rings. The Kier molecular flexibility index (Phi) is 5.41. The minimum Gasteiger partial charge on any atom is -0.343 e. The van der Waals surface area contributed by atoms with Crippen molar-refractivity contribution in [2.45, 2.75) is 24.3 Å². The largest absolute Gasteiger partial charge is 0.343 e. The summed E-state index contributed by atoms with van der Waals surface area (Å²) in [6.45, 7) is 1.16. The Morgan fingerprint density at radius 3 is 2.41 bits per heavy atom. The monoisotopic (exact) mass is 412 g/mol. The van der Waals surface area contributed by atoms with Crippen LogP contribution in [0.3, 0.4) is 0 Å². The summed E-state index contributed by atoms with van der Waals surface area (Å²) in [7, 11) is -3.49. The fourth-order valence-corrected chi connectivity index (χ4v) is 4.66. The second kappa shape index (κ2) is 8.14. The van der Waals surface area contributed by atoms with E-state index in [4.69, 9.17) is 4.52 Å². The van der Waals surface area contributed by atoms with Crippen molar-refractivity contribution in [3.05, 3.63) is 66.1 Å². The van der Waals surface area contributed by atoms with Crippen molar-refractivity contribution in [1.82, 2.24) is 19.8 Å². The van der Waals surface area contributed by atoms with Crippen molar-refractivity contribution < 1.29 is 17.7 Å². The first-order chi connectivity index (χ1) is 14.0. The van der Waals surface area contributed by atoms with Crippen LogP contribution in [-0.2, 0) is 16.6 Å². The van der Waals surface area contributed by atoms with Crippen LogP contribution >= 0.6 is 0 Å². The second-order valence-corrected chi connectivity index (χ2v) is 8.63. The SMILES string of the molecule is O=C(NCc1nc(-c2ccccc2)no1)c1ccc(S(=O)(=O)N2CCCC2)cc1. The fraction of sp³-hybridized carbons (Fsp3) is 0.250. The van der Waals surface area contributed by atoms with Crippen molar-refractivity contribution in [1.29, 1.82) is 0 Å². The van der Waals surface area contributed by atoms with E-state index in [9.17, 15) is 13.2 Å². The topological polar surface area (TPSA) is 105 Å². The van der Waals surface area contributed by atoms with E-state index in [0.717, 1.165) is 18.4 Å². The van der Waals surface area contributed by atoms with Gasteiger partial charge in [-0.1, -0.05) is 35.5 Å². The van der Waals surface area contributed by atoms with Crippen molar-refractivity contribution in [2.24, 2.45) is 0 Å². The third-order valence-corrected chi connectivity index (χ3v) is 6.63. The van der Waals surface area contributed by atoms with Crippen molar-refractivity contribution in [3.63, 3.8) is 0 Å². The van der Waals surface area contributed by atoms with Crippen LogP contribution in [0.1, 0.15) is 29.1 Å². The quantitative estimate of drug-likeness (QED) is 0.667. The zero-order valence-corrected chi connectivity index (χ0v) is 16.4. The number of benzene rings is 2. The molecule has 3 aromatic rings.